The molecule has 1 atom stereocenters. The lowest BCUT2D eigenvalue weighted by molar-refractivity contribution is 0.324. The van der Waals surface area contributed by atoms with Crippen LogP contribution in [0.4, 0.5) is 0 Å². The fraction of sp³-hybridized carbons (Fsp3) is 0.500. The van der Waals surface area contributed by atoms with Crippen molar-refractivity contribution in [1.29, 1.82) is 0 Å². The smallest absolute Gasteiger partial charge is 0.221 e. The second-order valence-corrected chi connectivity index (χ2v) is 7.60. The number of nitrogens with one attached hydrogen (secondary N) is 1. The summed E-state index contributed by atoms with van der Waals surface area (Å²) in [5, 5.41) is 0. The minimum Gasteiger partial charge on any atom is -0.297 e. The van der Waals surface area contributed by atoms with E-state index in [9.17, 15) is 8.42 Å². The minimum absolute atomic E-state index is 0.0326. The topological polar surface area (TPSA) is 49.4 Å². The highest BCUT2D eigenvalue weighted by atomic mass is 79.9. The van der Waals surface area contributed by atoms with Crippen LogP contribution in [0.1, 0.15) is 12.0 Å². The highest BCUT2D eigenvalue weighted by molar-refractivity contribution is 9.10. The molecule has 100 valence electrons. The van der Waals surface area contributed by atoms with E-state index in [-0.39, 0.29) is 10.7 Å². The van der Waals surface area contributed by atoms with Crippen molar-refractivity contribution in [2.75, 3.05) is 17.8 Å². The zero-order valence-corrected chi connectivity index (χ0v) is 12.5. The molecule has 1 heterocycles. The van der Waals surface area contributed by atoms with Gasteiger partial charge in [0, 0.05) is 25.7 Å². The van der Waals surface area contributed by atoms with Gasteiger partial charge in [-0.3, -0.25) is 4.90 Å². The first-order chi connectivity index (χ1) is 8.59. The van der Waals surface area contributed by atoms with Crippen LogP contribution >= 0.6 is 15.9 Å². The largest absolute Gasteiger partial charge is 0.297 e. The third-order valence-corrected chi connectivity index (χ3v) is 5.80. The number of sulfonamides is 1. The van der Waals surface area contributed by atoms with E-state index in [0.717, 1.165) is 26.1 Å². The Labute approximate surface area is 117 Å². The van der Waals surface area contributed by atoms with E-state index in [0.29, 0.717) is 0 Å². The molecule has 1 aliphatic rings. The molecule has 0 radical (unpaired) electrons. The van der Waals surface area contributed by atoms with Gasteiger partial charge in [-0.2, -0.15) is 0 Å². The first-order valence-electron chi connectivity index (χ1n) is 5.91. The van der Waals surface area contributed by atoms with Crippen molar-refractivity contribution in [1.82, 2.24) is 9.62 Å². The molecular weight excluding hydrogens is 316 g/mol. The van der Waals surface area contributed by atoms with Gasteiger partial charge in [0.2, 0.25) is 10.0 Å². The quantitative estimate of drug-likeness (QED) is 0.832. The van der Waals surface area contributed by atoms with Crippen LogP contribution in [0.3, 0.4) is 0 Å². The number of likely N-dealkylation sites (tertiary alicyclic amines) is 1. The van der Waals surface area contributed by atoms with E-state index >= 15 is 0 Å². The van der Waals surface area contributed by atoms with E-state index < -0.39 is 10.0 Å². The second-order valence-electron chi connectivity index (χ2n) is 4.55. The summed E-state index contributed by atoms with van der Waals surface area (Å²) in [6, 6.07) is 10.3. The monoisotopic (exact) mass is 332 g/mol. The molecule has 0 spiro atoms. The number of nitrogens with zero attached hydrogens (tertiary/aromatic N) is 1. The number of rotatable bonds is 5. The van der Waals surface area contributed by atoms with Crippen LogP contribution in [-0.2, 0) is 16.6 Å². The zero-order chi connectivity index (χ0) is 13.0. The molecule has 1 unspecified atom stereocenters. The Morgan fingerprint density at radius 2 is 2.06 bits per heavy atom. The lowest BCUT2D eigenvalue weighted by Crippen LogP contribution is -2.37. The van der Waals surface area contributed by atoms with Gasteiger partial charge in [0.05, 0.1) is 0 Å². The van der Waals surface area contributed by atoms with Gasteiger partial charge in [-0.25, -0.2) is 13.1 Å². The third kappa shape index (κ3) is 4.05. The van der Waals surface area contributed by atoms with Crippen molar-refractivity contribution in [3.63, 3.8) is 0 Å². The van der Waals surface area contributed by atoms with E-state index in [1.54, 1.807) is 0 Å². The van der Waals surface area contributed by atoms with Crippen molar-refractivity contribution in [3.05, 3.63) is 35.9 Å². The standard InChI is InChI=1S/C12H17BrN2O2S/c13-10-18(16,17)14-12-6-7-15(9-12)8-11-4-2-1-3-5-11/h1-5,12,14H,6-10H2. The second kappa shape index (κ2) is 6.14. The minimum atomic E-state index is -3.16. The lowest BCUT2D eigenvalue weighted by Gasteiger charge is -2.16. The molecule has 0 bridgehead atoms. The summed E-state index contributed by atoms with van der Waals surface area (Å²) in [6.45, 7) is 2.60. The van der Waals surface area contributed by atoms with Gasteiger partial charge in [-0.15, -0.1) is 0 Å². The molecule has 0 aromatic heterocycles. The summed E-state index contributed by atoms with van der Waals surface area (Å²) in [4.78, 5) is 2.27. The van der Waals surface area contributed by atoms with Gasteiger partial charge < -0.3 is 0 Å². The number of benzene rings is 1. The summed E-state index contributed by atoms with van der Waals surface area (Å²) < 4.78 is 25.6. The van der Waals surface area contributed by atoms with Gasteiger partial charge in [0.25, 0.3) is 0 Å². The highest BCUT2D eigenvalue weighted by Gasteiger charge is 2.25. The Bertz CT molecular complexity index is 478. The number of hydrogen-bond acceptors (Lipinski definition) is 3. The maximum absolute atomic E-state index is 11.4. The predicted molar refractivity (Wildman–Crippen MR) is 76.0 cm³/mol. The molecule has 0 amide bonds. The van der Waals surface area contributed by atoms with Gasteiger partial charge >= 0.3 is 0 Å². The van der Waals surface area contributed by atoms with Crippen LogP contribution in [0, 0.1) is 0 Å². The van der Waals surface area contributed by atoms with Gasteiger partial charge in [-0.05, 0) is 12.0 Å². The van der Waals surface area contributed by atoms with Crippen LogP contribution in [0.2, 0.25) is 0 Å². The molecule has 2 rings (SSSR count). The average molecular weight is 333 g/mol. The van der Waals surface area contributed by atoms with Crippen LogP contribution in [0.25, 0.3) is 0 Å². The van der Waals surface area contributed by atoms with Crippen LogP contribution < -0.4 is 4.72 Å². The molecule has 1 N–H and O–H groups in total. The van der Waals surface area contributed by atoms with Gasteiger partial charge in [-0.1, -0.05) is 46.3 Å². The number of alkyl halides is 1. The Morgan fingerprint density at radius 3 is 2.72 bits per heavy atom. The van der Waals surface area contributed by atoms with E-state index in [2.05, 4.69) is 37.7 Å². The Morgan fingerprint density at radius 1 is 1.33 bits per heavy atom. The molecule has 6 heteroatoms. The summed E-state index contributed by atoms with van der Waals surface area (Å²) in [5.41, 5.74) is 1.27. The highest BCUT2D eigenvalue weighted by Crippen LogP contribution is 2.14. The molecule has 18 heavy (non-hydrogen) atoms. The van der Waals surface area contributed by atoms with Crippen LogP contribution in [-0.4, -0.2) is 37.1 Å². The molecule has 1 fully saturated rings. The van der Waals surface area contributed by atoms with Crippen LogP contribution in [0.5, 0.6) is 0 Å². The Balaban J connectivity index is 1.86. The van der Waals surface area contributed by atoms with Crippen molar-refractivity contribution in [2.45, 2.75) is 19.0 Å². The van der Waals surface area contributed by atoms with E-state index in [1.807, 2.05) is 18.2 Å². The zero-order valence-electron chi connectivity index (χ0n) is 10.0. The van der Waals surface area contributed by atoms with Gasteiger partial charge in [0.1, 0.15) is 4.66 Å². The van der Waals surface area contributed by atoms with Crippen molar-refractivity contribution in [3.8, 4) is 0 Å². The van der Waals surface area contributed by atoms with Crippen molar-refractivity contribution in [2.24, 2.45) is 0 Å². The lowest BCUT2D eigenvalue weighted by atomic mass is 10.2. The maximum atomic E-state index is 11.4. The first kappa shape index (κ1) is 14.0. The van der Waals surface area contributed by atoms with Crippen molar-refractivity contribution < 1.29 is 8.42 Å². The predicted octanol–water partition coefficient (Wildman–Crippen LogP) is 1.53. The molecule has 1 aliphatic heterocycles. The number of halogens is 1. The van der Waals surface area contributed by atoms with Crippen molar-refractivity contribution >= 4 is 26.0 Å². The summed E-state index contributed by atoms with van der Waals surface area (Å²) in [5.74, 6) is 0. The molecule has 0 aliphatic carbocycles. The summed E-state index contributed by atoms with van der Waals surface area (Å²) >= 11 is 2.98. The summed E-state index contributed by atoms with van der Waals surface area (Å²) in [7, 11) is -3.16. The maximum Gasteiger partial charge on any atom is 0.221 e. The molecule has 1 saturated heterocycles. The Hall–Kier alpha value is -0.430. The normalized spacial score (nSPS) is 21.3. The summed E-state index contributed by atoms with van der Waals surface area (Å²) in [6.07, 6.45) is 0.874. The SMILES string of the molecule is O=S(=O)(CBr)NC1CCN(Cc2ccccc2)C1. The van der Waals surface area contributed by atoms with Crippen LogP contribution in [0.15, 0.2) is 30.3 Å². The fourth-order valence-electron chi connectivity index (χ4n) is 2.20. The molecular formula is C12H17BrN2O2S. The van der Waals surface area contributed by atoms with E-state index in [4.69, 9.17) is 0 Å². The number of hydrogen-bond donors (Lipinski definition) is 1. The Kier molecular flexibility index (Phi) is 4.77. The molecule has 1 aromatic carbocycles. The van der Waals surface area contributed by atoms with Gasteiger partial charge in [0.15, 0.2) is 0 Å². The first-order valence-corrected chi connectivity index (χ1v) is 8.69. The molecule has 1 aromatic rings. The fourth-order valence-corrected chi connectivity index (χ4v) is 3.36. The average Bonchev–Trinajstić information content (AvgIpc) is 2.77. The molecule has 4 nitrogen and oxygen atoms in total. The van der Waals surface area contributed by atoms with E-state index in [1.165, 1.54) is 5.56 Å². The third-order valence-electron chi connectivity index (χ3n) is 3.01. The molecule has 0 saturated carbocycles.